The highest BCUT2D eigenvalue weighted by Crippen LogP contribution is 2.13. The Morgan fingerprint density at radius 3 is 1.77 bits per heavy atom. The van der Waals surface area contributed by atoms with Gasteiger partial charge >= 0.3 is 24.1 Å². The van der Waals surface area contributed by atoms with Gasteiger partial charge in [0.05, 0.1) is 6.04 Å². The number of nitrogens with one attached hydrogen (secondary N) is 1. The first-order valence-electron chi connectivity index (χ1n) is 5.59. The van der Waals surface area contributed by atoms with Gasteiger partial charge in [0.15, 0.2) is 0 Å². The van der Waals surface area contributed by atoms with Crippen LogP contribution in [0.5, 0.6) is 0 Å². The third-order valence-corrected chi connectivity index (χ3v) is 1.92. The Morgan fingerprint density at radius 1 is 1.14 bits per heavy atom. The lowest BCUT2D eigenvalue weighted by Crippen LogP contribution is -2.47. The summed E-state index contributed by atoms with van der Waals surface area (Å²) in [4.78, 5) is 40.8. The quantitative estimate of drug-likeness (QED) is 0.430. The zero-order chi connectivity index (χ0) is 18.1. The second-order valence-corrected chi connectivity index (χ2v) is 3.92. The molecule has 0 unspecified atom stereocenters. The van der Waals surface area contributed by atoms with Crippen LogP contribution in [0.2, 0.25) is 0 Å². The molecule has 2 atom stereocenters. The predicted molar refractivity (Wildman–Crippen MR) is 63.8 cm³/mol. The number of hydrogen-bond acceptors (Lipinski definition) is 5. The molecule has 0 fully saturated rings. The van der Waals surface area contributed by atoms with Crippen LogP contribution in [0.25, 0.3) is 0 Å². The van der Waals surface area contributed by atoms with Crippen molar-refractivity contribution >= 4 is 23.8 Å². The molecule has 12 heteroatoms. The minimum absolute atomic E-state index is 0.164. The maximum absolute atomic E-state index is 11.1. The number of carbonyl (C=O) groups is 4. The summed E-state index contributed by atoms with van der Waals surface area (Å²) in [6.45, 7) is 1.41. The maximum Gasteiger partial charge on any atom is 0.490 e. The van der Waals surface area contributed by atoms with E-state index in [0.29, 0.717) is 0 Å². The highest BCUT2D eigenvalue weighted by atomic mass is 19.4. The van der Waals surface area contributed by atoms with E-state index >= 15 is 0 Å². The van der Waals surface area contributed by atoms with Crippen LogP contribution >= 0.6 is 0 Å². The highest BCUT2D eigenvalue weighted by Gasteiger charge is 2.38. The number of carboxylic acids is 3. The first-order valence-corrected chi connectivity index (χ1v) is 5.59. The molecule has 6 N–H and O–H groups in total. The number of carbonyl (C=O) groups excluding carboxylic acids is 1. The Labute approximate surface area is 121 Å². The van der Waals surface area contributed by atoms with E-state index in [0.717, 1.165) is 0 Å². The van der Waals surface area contributed by atoms with E-state index in [2.05, 4.69) is 5.32 Å². The van der Waals surface area contributed by atoms with Crippen molar-refractivity contribution in [1.29, 1.82) is 0 Å². The molecule has 0 aliphatic heterocycles. The Hall–Kier alpha value is -2.37. The summed E-state index contributed by atoms with van der Waals surface area (Å²) in [5, 5.41) is 26.3. The zero-order valence-electron chi connectivity index (χ0n) is 11.3. The van der Waals surface area contributed by atoms with E-state index in [1.165, 1.54) is 6.92 Å². The van der Waals surface area contributed by atoms with Gasteiger partial charge in [0.2, 0.25) is 5.91 Å². The molecule has 22 heavy (non-hydrogen) atoms. The molecule has 128 valence electrons. The zero-order valence-corrected chi connectivity index (χ0v) is 11.3. The van der Waals surface area contributed by atoms with Crippen molar-refractivity contribution < 1.29 is 47.7 Å². The summed E-state index contributed by atoms with van der Waals surface area (Å²) >= 11 is 0. The first kappa shape index (κ1) is 21.9. The second kappa shape index (κ2) is 9.55. The number of alkyl halides is 3. The van der Waals surface area contributed by atoms with E-state index in [1.807, 2.05) is 0 Å². The molecule has 0 saturated heterocycles. The van der Waals surface area contributed by atoms with Gasteiger partial charge in [-0.25, -0.2) is 9.59 Å². The minimum atomic E-state index is -5.08. The van der Waals surface area contributed by atoms with Crippen molar-refractivity contribution in [1.82, 2.24) is 5.32 Å². The number of rotatable bonds is 6. The molecule has 0 spiro atoms. The minimum Gasteiger partial charge on any atom is -0.481 e. The molecule has 1 amide bonds. The van der Waals surface area contributed by atoms with Crippen LogP contribution in [-0.2, 0) is 19.2 Å². The number of aliphatic carboxylic acids is 3. The van der Waals surface area contributed by atoms with Crippen molar-refractivity contribution in [3.8, 4) is 0 Å². The van der Waals surface area contributed by atoms with Crippen molar-refractivity contribution in [3.63, 3.8) is 0 Å². The molecule has 0 aliphatic carbocycles. The molecule has 0 heterocycles. The lowest BCUT2D eigenvalue weighted by atomic mass is 10.1. The third kappa shape index (κ3) is 11.5. The molecule has 0 aromatic rings. The lowest BCUT2D eigenvalue weighted by Gasteiger charge is -2.14. The summed E-state index contributed by atoms with van der Waals surface area (Å²) < 4.78 is 31.7. The smallest absolute Gasteiger partial charge is 0.481 e. The van der Waals surface area contributed by atoms with E-state index < -0.39 is 42.1 Å². The van der Waals surface area contributed by atoms with Gasteiger partial charge in [-0.2, -0.15) is 13.2 Å². The summed E-state index contributed by atoms with van der Waals surface area (Å²) in [5.74, 6) is -5.76. The number of nitrogens with two attached hydrogens (primary N) is 1. The van der Waals surface area contributed by atoms with E-state index in [4.69, 9.17) is 25.8 Å². The van der Waals surface area contributed by atoms with E-state index in [9.17, 15) is 27.6 Å². The Morgan fingerprint density at radius 2 is 1.55 bits per heavy atom. The van der Waals surface area contributed by atoms with Crippen LogP contribution in [-0.4, -0.2) is 57.4 Å². The first-order chi connectivity index (χ1) is 9.78. The SMILES string of the molecule is C[C@H](N)C(=O)N[C@H](CCC(=O)O)C(=O)O.O=C(O)C(F)(F)F. The van der Waals surface area contributed by atoms with Crippen LogP contribution < -0.4 is 11.1 Å². The van der Waals surface area contributed by atoms with Gasteiger partial charge in [-0.05, 0) is 13.3 Å². The van der Waals surface area contributed by atoms with Gasteiger partial charge in [0, 0.05) is 6.42 Å². The Bertz CT molecular complexity index is 423. The van der Waals surface area contributed by atoms with Gasteiger partial charge in [0.25, 0.3) is 0 Å². The summed E-state index contributed by atoms with van der Waals surface area (Å²) in [7, 11) is 0. The standard InChI is InChI=1S/C8H14N2O5.C2HF3O2/c1-4(9)7(13)10-5(8(14)15)2-3-6(11)12;3-2(4,5)1(6)7/h4-5H,2-3,9H2,1H3,(H,10,13)(H,11,12)(H,14,15);(H,6,7)/t4-,5+;/m0./s1. The van der Waals surface area contributed by atoms with Crippen molar-refractivity contribution in [2.75, 3.05) is 0 Å². The molecule has 0 aliphatic rings. The summed E-state index contributed by atoms with van der Waals surface area (Å²) in [6.07, 6.45) is -5.57. The summed E-state index contributed by atoms with van der Waals surface area (Å²) in [5.41, 5.74) is 5.22. The number of amides is 1. The van der Waals surface area contributed by atoms with Crippen molar-refractivity contribution in [2.24, 2.45) is 5.73 Å². The predicted octanol–water partition coefficient (Wildman–Crippen LogP) is -0.599. The molecule has 0 bridgehead atoms. The van der Waals surface area contributed by atoms with Gasteiger partial charge in [0.1, 0.15) is 6.04 Å². The fourth-order valence-electron chi connectivity index (χ4n) is 0.828. The van der Waals surface area contributed by atoms with Crippen LogP contribution in [0, 0.1) is 0 Å². The molecule has 0 radical (unpaired) electrons. The van der Waals surface area contributed by atoms with Crippen LogP contribution in [0.1, 0.15) is 19.8 Å². The molecule has 0 aromatic heterocycles. The lowest BCUT2D eigenvalue weighted by molar-refractivity contribution is -0.192. The molecule has 0 rings (SSSR count). The molecule has 9 nitrogen and oxygen atoms in total. The number of hydrogen-bond donors (Lipinski definition) is 5. The van der Waals surface area contributed by atoms with E-state index in [-0.39, 0.29) is 12.8 Å². The maximum atomic E-state index is 11.1. The fraction of sp³-hybridized carbons (Fsp3) is 0.600. The topological polar surface area (TPSA) is 167 Å². The molecular weight excluding hydrogens is 317 g/mol. The fourth-order valence-corrected chi connectivity index (χ4v) is 0.828. The second-order valence-electron chi connectivity index (χ2n) is 3.92. The molecular formula is C10H15F3N2O7. The average molecular weight is 332 g/mol. The molecule has 0 aromatic carbocycles. The van der Waals surface area contributed by atoms with Crippen LogP contribution in [0.4, 0.5) is 13.2 Å². The van der Waals surface area contributed by atoms with Crippen molar-refractivity contribution in [2.45, 2.75) is 38.0 Å². The van der Waals surface area contributed by atoms with Gasteiger partial charge < -0.3 is 26.4 Å². The highest BCUT2D eigenvalue weighted by molar-refractivity contribution is 5.86. The average Bonchev–Trinajstić information content (AvgIpc) is 2.32. The van der Waals surface area contributed by atoms with Crippen molar-refractivity contribution in [3.05, 3.63) is 0 Å². The number of carboxylic acid groups (broad SMARTS) is 3. The largest absolute Gasteiger partial charge is 0.490 e. The van der Waals surface area contributed by atoms with Gasteiger partial charge in [-0.1, -0.05) is 0 Å². The third-order valence-electron chi connectivity index (χ3n) is 1.92. The monoisotopic (exact) mass is 332 g/mol. The Kier molecular flexibility index (Phi) is 9.51. The normalized spacial score (nSPS) is 13.1. The van der Waals surface area contributed by atoms with Gasteiger partial charge in [-0.3, -0.25) is 9.59 Å². The Balaban J connectivity index is 0. The van der Waals surface area contributed by atoms with E-state index in [1.54, 1.807) is 0 Å². The number of halogens is 3. The van der Waals surface area contributed by atoms with Crippen LogP contribution in [0.3, 0.4) is 0 Å². The van der Waals surface area contributed by atoms with Crippen LogP contribution in [0.15, 0.2) is 0 Å². The molecule has 0 saturated carbocycles. The summed E-state index contributed by atoms with van der Waals surface area (Å²) in [6, 6.07) is -2.03. The van der Waals surface area contributed by atoms with Gasteiger partial charge in [-0.15, -0.1) is 0 Å².